The minimum atomic E-state index is 0.728. The van der Waals surface area contributed by atoms with E-state index in [9.17, 15) is 0 Å². The monoisotopic (exact) mass is 450 g/mol. The summed E-state index contributed by atoms with van der Waals surface area (Å²) in [5.41, 5.74) is 10.4. The van der Waals surface area contributed by atoms with Crippen molar-refractivity contribution in [3.05, 3.63) is 45.5 Å². The standard InChI is InChI=1S/C20H23IN2O2/c1-24-18-9-6-13(11-19(18)25-2)20-15(5-3-4-10-22)16-12-14(21)7-8-17(16)23-20/h6-9,11-12,23H,3-5,10,22H2,1-2H3. The number of rotatable bonds is 7. The number of hydrogen-bond acceptors (Lipinski definition) is 3. The van der Waals surface area contributed by atoms with E-state index >= 15 is 0 Å². The molecule has 1 aromatic heterocycles. The van der Waals surface area contributed by atoms with E-state index in [0.717, 1.165) is 54.1 Å². The van der Waals surface area contributed by atoms with Crippen molar-refractivity contribution in [3.8, 4) is 22.8 Å². The quantitative estimate of drug-likeness (QED) is 0.404. The van der Waals surface area contributed by atoms with E-state index in [-0.39, 0.29) is 0 Å². The van der Waals surface area contributed by atoms with Crippen molar-refractivity contribution in [1.29, 1.82) is 0 Å². The first-order chi connectivity index (χ1) is 12.2. The van der Waals surface area contributed by atoms with Crippen LogP contribution in [-0.2, 0) is 6.42 Å². The molecule has 25 heavy (non-hydrogen) atoms. The summed E-state index contributed by atoms with van der Waals surface area (Å²) in [6, 6.07) is 12.6. The fourth-order valence-corrected chi connectivity index (χ4v) is 3.66. The van der Waals surface area contributed by atoms with Crippen LogP contribution in [0.25, 0.3) is 22.2 Å². The van der Waals surface area contributed by atoms with Gasteiger partial charge in [0.05, 0.1) is 14.2 Å². The van der Waals surface area contributed by atoms with Gasteiger partial charge in [-0.3, -0.25) is 0 Å². The van der Waals surface area contributed by atoms with Crippen molar-refractivity contribution in [3.63, 3.8) is 0 Å². The van der Waals surface area contributed by atoms with Gasteiger partial charge in [-0.25, -0.2) is 0 Å². The highest BCUT2D eigenvalue weighted by atomic mass is 127. The van der Waals surface area contributed by atoms with Gasteiger partial charge in [0, 0.05) is 25.7 Å². The minimum Gasteiger partial charge on any atom is -0.493 e. The molecule has 3 rings (SSSR count). The maximum atomic E-state index is 5.68. The smallest absolute Gasteiger partial charge is 0.161 e. The number of nitrogens with one attached hydrogen (secondary N) is 1. The Labute approximate surface area is 161 Å². The lowest BCUT2D eigenvalue weighted by atomic mass is 10.00. The summed E-state index contributed by atoms with van der Waals surface area (Å²) in [4.78, 5) is 3.59. The van der Waals surface area contributed by atoms with Crippen molar-refractivity contribution in [2.45, 2.75) is 19.3 Å². The third-order valence-electron chi connectivity index (χ3n) is 4.42. The van der Waals surface area contributed by atoms with Crippen LogP contribution >= 0.6 is 22.6 Å². The summed E-state index contributed by atoms with van der Waals surface area (Å²) in [6.45, 7) is 0.728. The largest absolute Gasteiger partial charge is 0.493 e. The molecule has 2 aromatic carbocycles. The number of aromatic amines is 1. The molecule has 0 aliphatic carbocycles. The van der Waals surface area contributed by atoms with Gasteiger partial charge in [0.25, 0.3) is 0 Å². The van der Waals surface area contributed by atoms with Crippen molar-refractivity contribution >= 4 is 33.5 Å². The fourth-order valence-electron chi connectivity index (χ4n) is 3.16. The maximum Gasteiger partial charge on any atom is 0.161 e. The van der Waals surface area contributed by atoms with E-state index in [1.54, 1.807) is 14.2 Å². The first kappa shape index (κ1) is 18.1. The summed E-state index contributed by atoms with van der Waals surface area (Å²) in [5, 5.41) is 1.29. The van der Waals surface area contributed by atoms with Gasteiger partial charge in [-0.05, 0) is 90.4 Å². The average Bonchev–Trinajstić information content (AvgIpc) is 2.99. The normalized spacial score (nSPS) is 11.0. The first-order valence-corrected chi connectivity index (χ1v) is 9.48. The van der Waals surface area contributed by atoms with Gasteiger partial charge in [-0.15, -0.1) is 0 Å². The zero-order valence-electron chi connectivity index (χ0n) is 14.6. The molecule has 0 unspecified atom stereocenters. The van der Waals surface area contributed by atoms with Gasteiger partial charge >= 0.3 is 0 Å². The summed E-state index contributed by atoms with van der Waals surface area (Å²) in [5.74, 6) is 1.47. The van der Waals surface area contributed by atoms with Crippen LogP contribution in [0.2, 0.25) is 0 Å². The van der Waals surface area contributed by atoms with E-state index in [1.807, 2.05) is 12.1 Å². The molecule has 0 aliphatic heterocycles. The average molecular weight is 450 g/mol. The number of hydrogen-bond donors (Lipinski definition) is 2. The van der Waals surface area contributed by atoms with Gasteiger partial charge in [0.2, 0.25) is 0 Å². The predicted octanol–water partition coefficient (Wildman–Crippen LogP) is 4.74. The minimum absolute atomic E-state index is 0.728. The summed E-state index contributed by atoms with van der Waals surface area (Å²) in [7, 11) is 3.32. The molecule has 0 saturated heterocycles. The van der Waals surface area contributed by atoms with Gasteiger partial charge in [-0.2, -0.15) is 0 Å². The van der Waals surface area contributed by atoms with Crippen molar-refractivity contribution in [2.75, 3.05) is 20.8 Å². The van der Waals surface area contributed by atoms with Crippen LogP contribution in [0.15, 0.2) is 36.4 Å². The molecule has 3 aromatic rings. The molecule has 0 radical (unpaired) electrons. The number of benzene rings is 2. The number of nitrogens with two attached hydrogens (primary N) is 1. The van der Waals surface area contributed by atoms with Gasteiger partial charge < -0.3 is 20.2 Å². The lowest BCUT2D eigenvalue weighted by Gasteiger charge is -2.10. The van der Waals surface area contributed by atoms with E-state index in [0.29, 0.717) is 0 Å². The highest BCUT2D eigenvalue weighted by Gasteiger charge is 2.15. The number of aryl methyl sites for hydroxylation is 1. The molecule has 1 heterocycles. The molecule has 0 bridgehead atoms. The Balaban J connectivity index is 2.12. The topological polar surface area (TPSA) is 60.3 Å². The number of aromatic nitrogens is 1. The van der Waals surface area contributed by atoms with Crippen LogP contribution in [0.3, 0.4) is 0 Å². The molecule has 0 spiro atoms. The van der Waals surface area contributed by atoms with Crippen LogP contribution < -0.4 is 15.2 Å². The highest BCUT2D eigenvalue weighted by molar-refractivity contribution is 14.1. The van der Waals surface area contributed by atoms with Crippen LogP contribution in [0.1, 0.15) is 18.4 Å². The Hall–Kier alpha value is -1.73. The molecule has 5 heteroatoms. The predicted molar refractivity (Wildman–Crippen MR) is 112 cm³/mol. The number of ether oxygens (including phenoxy) is 2. The molecular formula is C20H23IN2O2. The fraction of sp³-hybridized carbons (Fsp3) is 0.300. The summed E-state index contributed by atoms with van der Waals surface area (Å²) in [6.07, 6.45) is 3.11. The van der Waals surface area contributed by atoms with Crippen LogP contribution in [0.4, 0.5) is 0 Å². The van der Waals surface area contributed by atoms with E-state index < -0.39 is 0 Å². The Morgan fingerprint density at radius 2 is 1.80 bits per heavy atom. The van der Waals surface area contributed by atoms with Gasteiger partial charge in [0.1, 0.15) is 0 Å². The Bertz CT molecular complexity index is 874. The third-order valence-corrected chi connectivity index (χ3v) is 5.09. The lowest BCUT2D eigenvalue weighted by Crippen LogP contribution is -1.99. The lowest BCUT2D eigenvalue weighted by molar-refractivity contribution is 0.355. The Morgan fingerprint density at radius 1 is 1.00 bits per heavy atom. The summed E-state index contributed by atoms with van der Waals surface area (Å²) < 4.78 is 12.1. The molecule has 0 amide bonds. The molecule has 132 valence electrons. The molecule has 4 nitrogen and oxygen atoms in total. The SMILES string of the molecule is COc1ccc(-c2[nH]c3ccc(I)cc3c2CCCCN)cc1OC. The molecule has 3 N–H and O–H groups in total. The van der Waals surface area contributed by atoms with Gasteiger partial charge in [0.15, 0.2) is 11.5 Å². The number of unbranched alkanes of at least 4 members (excludes halogenated alkanes) is 1. The summed E-state index contributed by atoms with van der Waals surface area (Å²) >= 11 is 2.36. The van der Waals surface area contributed by atoms with Crippen molar-refractivity contribution in [1.82, 2.24) is 4.98 Å². The van der Waals surface area contributed by atoms with Crippen LogP contribution in [0, 0.1) is 3.57 Å². The molecule has 0 atom stereocenters. The van der Waals surface area contributed by atoms with Crippen molar-refractivity contribution in [2.24, 2.45) is 5.73 Å². The third kappa shape index (κ3) is 3.77. The highest BCUT2D eigenvalue weighted by Crippen LogP contribution is 2.37. The van der Waals surface area contributed by atoms with E-state index in [2.05, 4.69) is 51.8 Å². The Kier molecular flexibility index (Phi) is 5.86. The molecule has 0 fully saturated rings. The van der Waals surface area contributed by atoms with Crippen LogP contribution in [-0.4, -0.2) is 25.7 Å². The second-order valence-corrected chi connectivity index (χ2v) is 7.23. The second kappa shape index (κ2) is 8.10. The Morgan fingerprint density at radius 3 is 2.52 bits per heavy atom. The molecular weight excluding hydrogens is 427 g/mol. The van der Waals surface area contributed by atoms with Crippen molar-refractivity contribution < 1.29 is 9.47 Å². The van der Waals surface area contributed by atoms with E-state index in [4.69, 9.17) is 15.2 Å². The molecule has 0 aliphatic rings. The number of methoxy groups -OCH3 is 2. The maximum absolute atomic E-state index is 5.68. The first-order valence-electron chi connectivity index (χ1n) is 8.40. The van der Waals surface area contributed by atoms with Gasteiger partial charge in [-0.1, -0.05) is 0 Å². The zero-order chi connectivity index (χ0) is 17.8. The number of halogens is 1. The zero-order valence-corrected chi connectivity index (χ0v) is 16.7. The number of fused-ring (bicyclic) bond motifs is 1. The second-order valence-electron chi connectivity index (χ2n) is 5.98. The number of H-pyrrole nitrogens is 1. The van der Waals surface area contributed by atoms with Crippen LogP contribution in [0.5, 0.6) is 11.5 Å². The van der Waals surface area contributed by atoms with E-state index in [1.165, 1.54) is 14.5 Å². The molecule has 0 saturated carbocycles.